The van der Waals surface area contributed by atoms with Crippen molar-refractivity contribution in [2.75, 3.05) is 52.5 Å². The van der Waals surface area contributed by atoms with Gasteiger partial charge in [-0.15, -0.1) is 24.0 Å². The SMILES string of the molecule is CCNC(=NCC(c1ccc(F)cc1)N1CCOCC1)N1CCC(C)C(n2ccnc2)C1.I. The molecule has 7 nitrogen and oxygen atoms in total. The molecular formula is C24H36FIN6O. The first-order chi connectivity index (χ1) is 15.7. The number of imidazole rings is 1. The summed E-state index contributed by atoms with van der Waals surface area (Å²) in [5.41, 5.74) is 1.09. The number of likely N-dealkylation sites (tertiary alicyclic amines) is 1. The molecule has 0 amide bonds. The molecule has 2 aromatic rings. The van der Waals surface area contributed by atoms with Gasteiger partial charge in [-0.25, -0.2) is 9.37 Å². The van der Waals surface area contributed by atoms with Crippen LogP contribution in [0.15, 0.2) is 48.0 Å². The molecule has 0 spiro atoms. The fourth-order valence-corrected chi connectivity index (χ4v) is 4.70. The van der Waals surface area contributed by atoms with Gasteiger partial charge in [0.1, 0.15) is 5.82 Å². The predicted molar refractivity (Wildman–Crippen MR) is 140 cm³/mol. The number of rotatable bonds is 6. The maximum Gasteiger partial charge on any atom is 0.194 e. The Balaban J connectivity index is 0.00000306. The number of aromatic nitrogens is 2. The molecule has 182 valence electrons. The van der Waals surface area contributed by atoms with Crippen LogP contribution in [-0.2, 0) is 4.74 Å². The molecule has 0 radical (unpaired) electrons. The third-order valence-corrected chi connectivity index (χ3v) is 6.62. The molecular weight excluding hydrogens is 534 g/mol. The first-order valence-corrected chi connectivity index (χ1v) is 11.7. The summed E-state index contributed by atoms with van der Waals surface area (Å²) in [6.07, 6.45) is 6.92. The normalized spacial score (nSPS) is 23.1. The van der Waals surface area contributed by atoms with Gasteiger partial charge >= 0.3 is 0 Å². The quantitative estimate of drug-likeness (QED) is 0.327. The lowest BCUT2D eigenvalue weighted by Gasteiger charge is -2.39. The van der Waals surface area contributed by atoms with Crippen molar-refractivity contribution < 1.29 is 9.13 Å². The van der Waals surface area contributed by atoms with Crippen LogP contribution in [0.1, 0.15) is 37.9 Å². The van der Waals surface area contributed by atoms with Crippen LogP contribution in [-0.4, -0.2) is 77.8 Å². The molecule has 3 heterocycles. The zero-order valence-corrected chi connectivity index (χ0v) is 21.9. The molecule has 2 fully saturated rings. The van der Waals surface area contributed by atoms with Crippen molar-refractivity contribution in [3.8, 4) is 0 Å². The van der Waals surface area contributed by atoms with Crippen molar-refractivity contribution in [3.63, 3.8) is 0 Å². The van der Waals surface area contributed by atoms with Crippen molar-refractivity contribution in [2.45, 2.75) is 32.4 Å². The van der Waals surface area contributed by atoms with E-state index in [9.17, 15) is 4.39 Å². The van der Waals surface area contributed by atoms with Gasteiger partial charge in [0.25, 0.3) is 0 Å². The summed E-state index contributed by atoms with van der Waals surface area (Å²) in [6.45, 7) is 10.9. The van der Waals surface area contributed by atoms with Crippen LogP contribution < -0.4 is 5.32 Å². The molecule has 1 aromatic heterocycles. The molecule has 2 aliphatic heterocycles. The van der Waals surface area contributed by atoms with Crippen LogP contribution in [0, 0.1) is 11.7 Å². The second-order valence-electron chi connectivity index (χ2n) is 8.70. The largest absolute Gasteiger partial charge is 0.379 e. The lowest BCUT2D eigenvalue weighted by atomic mass is 9.93. The van der Waals surface area contributed by atoms with Crippen molar-refractivity contribution in [2.24, 2.45) is 10.9 Å². The van der Waals surface area contributed by atoms with Crippen LogP contribution in [0.2, 0.25) is 0 Å². The van der Waals surface area contributed by atoms with Gasteiger partial charge in [-0.2, -0.15) is 0 Å². The number of hydrogen-bond acceptors (Lipinski definition) is 4. The molecule has 1 N–H and O–H groups in total. The van der Waals surface area contributed by atoms with E-state index in [0.717, 1.165) is 63.9 Å². The number of halogens is 2. The van der Waals surface area contributed by atoms with Gasteiger partial charge in [0.15, 0.2) is 5.96 Å². The number of aliphatic imine (C=N–C) groups is 1. The zero-order chi connectivity index (χ0) is 22.3. The summed E-state index contributed by atoms with van der Waals surface area (Å²) < 4.78 is 21.3. The first-order valence-electron chi connectivity index (χ1n) is 11.7. The van der Waals surface area contributed by atoms with Gasteiger partial charge in [0.2, 0.25) is 0 Å². The maximum atomic E-state index is 13.6. The minimum Gasteiger partial charge on any atom is -0.379 e. The van der Waals surface area contributed by atoms with Gasteiger partial charge in [0.05, 0.1) is 38.2 Å². The van der Waals surface area contributed by atoms with E-state index in [1.54, 1.807) is 12.1 Å². The minimum atomic E-state index is -0.209. The summed E-state index contributed by atoms with van der Waals surface area (Å²) >= 11 is 0. The molecule has 0 bridgehead atoms. The molecule has 4 rings (SSSR count). The van der Waals surface area contributed by atoms with Gasteiger partial charge in [-0.3, -0.25) is 9.89 Å². The van der Waals surface area contributed by atoms with E-state index in [4.69, 9.17) is 9.73 Å². The van der Waals surface area contributed by atoms with Crippen LogP contribution in [0.25, 0.3) is 0 Å². The Morgan fingerprint density at radius 3 is 2.67 bits per heavy atom. The van der Waals surface area contributed by atoms with Gasteiger partial charge in [0, 0.05) is 45.1 Å². The molecule has 3 unspecified atom stereocenters. The third kappa shape index (κ3) is 6.66. The number of guanidine groups is 1. The smallest absolute Gasteiger partial charge is 0.194 e. The van der Waals surface area contributed by atoms with Gasteiger partial charge < -0.3 is 19.5 Å². The number of nitrogens with one attached hydrogen (secondary N) is 1. The second-order valence-corrected chi connectivity index (χ2v) is 8.70. The predicted octanol–water partition coefficient (Wildman–Crippen LogP) is 3.56. The van der Waals surface area contributed by atoms with E-state index in [1.807, 2.05) is 24.7 Å². The molecule has 2 saturated heterocycles. The molecule has 0 aliphatic carbocycles. The average molecular weight is 570 g/mol. The van der Waals surface area contributed by atoms with E-state index in [-0.39, 0.29) is 35.8 Å². The lowest BCUT2D eigenvalue weighted by molar-refractivity contribution is 0.0179. The van der Waals surface area contributed by atoms with Crippen LogP contribution in [0.3, 0.4) is 0 Å². The highest BCUT2D eigenvalue weighted by Crippen LogP contribution is 2.28. The summed E-state index contributed by atoms with van der Waals surface area (Å²) in [4.78, 5) is 14.1. The van der Waals surface area contributed by atoms with Gasteiger partial charge in [-0.1, -0.05) is 19.1 Å². The van der Waals surface area contributed by atoms with Crippen LogP contribution >= 0.6 is 24.0 Å². The molecule has 0 saturated carbocycles. The monoisotopic (exact) mass is 570 g/mol. The Morgan fingerprint density at radius 2 is 2.00 bits per heavy atom. The van der Waals surface area contributed by atoms with Gasteiger partial charge in [-0.05, 0) is 37.0 Å². The number of benzene rings is 1. The number of nitrogens with zero attached hydrogens (tertiary/aromatic N) is 5. The fourth-order valence-electron chi connectivity index (χ4n) is 4.70. The highest BCUT2D eigenvalue weighted by atomic mass is 127. The molecule has 3 atom stereocenters. The van der Waals surface area contributed by atoms with E-state index in [0.29, 0.717) is 18.5 Å². The standard InChI is InChI=1S/C24H35FN6O.HI/c1-3-27-24(30-10-8-19(2)23(17-30)31-11-9-26-18-31)28-16-22(29-12-14-32-15-13-29)20-4-6-21(25)7-5-20;/h4-7,9,11,18-19,22-23H,3,8,10,12-17H2,1-2H3,(H,27,28);1H. The second kappa shape index (κ2) is 12.7. The van der Waals surface area contributed by atoms with Crippen molar-refractivity contribution in [1.29, 1.82) is 0 Å². The molecule has 9 heteroatoms. The van der Waals surface area contributed by atoms with Crippen molar-refractivity contribution in [1.82, 2.24) is 24.7 Å². The molecule has 1 aromatic carbocycles. The molecule has 2 aliphatic rings. The summed E-state index contributed by atoms with van der Waals surface area (Å²) in [5.74, 6) is 1.33. The number of piperidine rings is 1. The Labute approximate surface area is 213 Å². The van der Waals surface area contributed by atoms with E-state index in [2.05, 4.69) is 44.7 Å². The number of hydrogen-bond donors (Lipinski definition) is 1. The first kappa shape index (κ1) is 25.9. The summed E-state index contributed by atoms with van der Waals surface area (Å²) in [5, 5.41) is 3.50. The number of ether oxygens (including phenoxy) is 1. The average Bonchev–Trinajstić information content (AvgIpc) is 3.35. The Hall–Kier alpha value is -1.72. The number of morpholine rings is 1. The van der Waals surface area contributed by atoms with E-state index < -0.39 is 0 Å². The fraction of sp³-hybridized carbons (Fsp3) is 0.583. The topological polar surface area (TPSA) is 57.9 Å². The van der Waals surface area contributed by atoms with Crippen molar-refractivity contribution >= 4 is 29.9 Å². The Bertz CT molecular complexity index is 856. The lowest BCUT2D eigenvalue weighted by Crippen LogP contribution is -2.49. The summed E-state index contributed by atoms with van der Waals surface area (Å²) in [7, 11) is 0. The van der Waals surface area contributed by atoms with Crippen molar-refractivity contribution in [3.05, 3.63) is 54.4 Å². The van der Waals surface area contributed by atoms with E-state index in [1.165, 1.54) is 0 Å². The molecule has 33 heavy (non-hydrogen) atoms. The highest BCUT2D eigenvalue weighted by Gasteiger charge is 2.29. The minimum absolute atomic E-state index is 0. The van der Waals surface area contributed by atoms with E-state index >= 15 is 0 Å². The Morgan fingerprint density at radius 1 is 1.24 bits per heavy atom. The Kier molecular flexibility index (Phi) is 9.94. The van der Waals surface area contributed by atoms with Crippen LogP contribution in [0.4, 0.5) is 4.39 Å². The van der Waals surface area contributed by atoms with Crippen LogP contribution in [0.5, 0.6) is 0 Å². The zero-order valence-electron chi connectivity index (χ0n) is 19.6. The highest BCUT2D eigenvalue weighted by molar-refractivity contribution is 14.0. The maximum absolute atomic E-state index is 13.6. The third-order valence-electron chi connectivity index (χ3n) is 6.62. The summed E-state index contributed by atoms with van der Waals surface area (Å²) in [6, 6.07) is 7.33.